The topological polar surface area (TPSA) is 67.4 Å². The average molecular weight is 292 g/mol. The van der Waals surface area contributed by atoms with Gasteiger partial charge in [0.15, 0.2) is 5.78 Å². The van der Waals surface area contributed by atoms with Crippen LogP contribution in [0.4, 0.5) is 0 Å². The largest absolute Gasteiger partial charge is 0.494 e. The Morgan fingerprint density at radius 1 is 1.10 bits per heavy atom. The van der Waals surface area contributed by atoms with E-state index in [2.05, 4.69) is 10.6 Å². The molecule has 0 aliphatic heterocycles. The van der Waals surface area contributed by atoms with Gasteiger partial charge in [0.25, 0.3) is 0 Å². The van der Waals surface area contributed by atoms with Crippen LogP contribution in [0.15, 0.2) is 24.3 Å². The Kier molecular flexibility index (Phi) is 8.12. The number of nitrogens with one attached hydrogen (secondary N) is 2. The molecule has 0 heterocycles. The second-order valence-corrected chi connectivity index (χ2v) is 4.75. The van der Waals surface area contributed by atoms with E-state index in [4.69, 9.17) is 4.74 Å². The maximum absolute atomic E-state index is 12.0. The maximum atomic E-state index is 12.0. The molecule has 0 atom stereocenters. The first-order chi connectivity index (χ1) is 10.2. The van der Waals surface area contributed by atoms with Crippen molar-refractivity contribution in [3.05, 3.63) is 29.8 Å². The lowest BCUT2D eigenvalue weighted by Gasteiger charge is -2.06. The third kappa shape index (κ3) is 6.90. The highest BCUT2D eigenvalue weighted by atomic mass is 16.5. The number of likely N-dealkylation sites (N-methyl/N-ethyl adjacent to an activating group) is 1. The molecule has 0 bridgehead atoms. The van der Waals surface area contributed by atoms with E-state index in [9.17, 15) is 9.59 Å². The van der Waals surface area contributed by atoms with Gasteiger partial charge in [0.05, 0.1) is 6.61 Å². The Balaban J connectivity index is 2.36. The predicted molar refractivity (Wildman–Crippen MR) is 82.7 cm³/mol. The van der Waals surface area contributed by atoms with Gasteiger partial charge in [-0.3, -0.25) is 9.59 Å². The van der Waals surface area contributed by atoms with E-state index in [0.717, 1.165) is 18.7 Å². The van der Waals surface area contributed by atoms with E-state index in [1.165, 1.54) is 0 Å². The number of carbonyl (C=O) groups excluding carboxylic acids is 2. The van der Waals surface area contributed by atoms with E-state index in [1.54, 1.807) is 24.3 Å². The summed E-state index contributed by atoms with van der Waals surface area (Å²) in [5.41, 5.74) is 0.613. The molecule has 0 radical (unpaired) electrons. The van der Waals surface area contributed by atoms with Crippen molar-refractivity contribution in [2.45, 2.75) is 26.2 Å². The monoisotopic (exact) mass is 292 g/mol. The Morgan fingerprint density at radius 2 is 1.81 bits per heavy atom. The van der Waals surface area contributed by atoms with Gasteiger partial charge in [-0.1, -0.05) is 6.92 Å². The Morgan fingerprint density at radius 3 is 2.43 bits per heavy atom. The van der Waals surface area contributed by atoms with Gasteiger partial charge in [0.1, 0.15) is 5.75 Å². The highest BCUT2D eigenvalue weighted by Gasteiger charge is 2.09. The summed E-state index contributed by atoms with van der Waals surface area (Å²) in [5.74, 6) is 0.639. The van der Waals surface area contributed by atoms with Gasteiger partial charge in [-0.05, 0) is 37.7 Å². The Hall–Kier alpha value is -1.88. The highest BCUT2D eigenvalue weighted by molar-refractivity contribution is 5.98. The van der Waals surface area contributed by atoms with Crippen molar-refractivity contribution in [2.24, 2.45) is 0 Å². The number of amides is 1. The molecule has 0 saturated carbocycles. The van der Waals surface area contributed by atoms with Crippen LogP contribution >= 0.6 is 0 Å². The molecular weight excluding hydrogens is 268 g/mol. The van der Waals surface area contributed by atoms with Crippen molar-refractivity contribution in [3.63, 3.8) is 0 Å². The van der Waals surface area contributed by atoms with Crippen LogP contribution in [-0.4, -0.2) is 38.4 Å². The first-order valence-corrected chi connectivity index (χ1v) is 7.34. The zero-order chi connectivity index (χ0) is 15.5. The number of ether oxygens (including phenoxy) is 1. The fourth-order valence-electron chi connectivity index (χ4n) is 1.74. The summed E-state index contributed by atoms with van der Waals surface area (Å²) in [6.45, 7) is 4.01. The normalized spacial score (nSPS) is 10.2. The molecule has 0 spiro atoms. The average Bonchev–Trinajstić information content (AvgIpc) is 2.51. The van der Waals surface area contributed by atoms with Crippen molar-refractivity contribution < 1.29 is 14.3 Å². The number of hydrogen-bond donors (Lipinski definition) is 2. The molecule has 21 heavy (non-hydrogen) atoms. The van der Waals surface area contributed by atoms with E-state index in [1.807, 2.05) is 14.0 Å². The van der Waals surface area contributed by atoms with Crippen molar-refractivity contribution in [1.29, 1.82) is 0 Å². The molecule has 0 aliphatic rings. The molecule has 5 nitrogen and oxygen atoms in total. The number of carbonyl (C=O) groups is 2. The molecule has 116 valence electrons. The third-order valence-corrected chi connectivity index (χ3v) is 2.93. The van der Waals surface area contributed by atoms with E-state index in [-0.39, 0.29) is 24.5 Å². The summed E-state index contributed by atoms with van der Waals surface area (Å²) in [6, 6.07) is 7.06. The van der Waals surface area contributed by atoms with E-state index >= 15 is 0 Å². The van der Waals surface area contributed by atoms with Gasteiger partial charge in [-0.15, -0.1) is 0 Å². The summed E-state index contributed by atoms with van der Waals surface area (Å²) < 4.78 is 5.46. The summed E-state index contributed by atoms with van der Waals surface area (Å²) in [5, 5.41) is 5.69. The highest BCUT2D eigenvalue weighted by Crippen LogP contribution is 2.14. The lowest BCUT2D eigenvalue weighted by Crippen LogP contribution is -2.30. The van der Waals surface area contributed by atoms with Crippen LogP contribution in [0.2, 0.25) is 0 Å². The Labute approximate surface area is 126 Å². The van der Waals surface area contributed by atoms with Crippen molar-refractivity contribution in [3.8, 4) is 5.75 Å². The molecule has 1 aromatic rings. The van der Waals surface area contributed by atoms with Gasteiger partial charge in [0.2, 0.25) is 5.91 Å². The maximum Gasteiger partial charge on any atom is 0.220 e. The molecule has 1 aromatic carbocycles. The third-order valence-electron chi connectivity index (χ3n) is 2.93. The summed E-state index contributed by atoms with van der Waals surface area (Å²) in [7, 11) is 1.82. The number of ketones is 1. The van der Waals surface area contributed by atoms with Crippen molar-refractivity contribution >= 4 is 11.7 Å². The van der Waals surface area contributed by atoms with Crippen molar-refractivity contribution in [2.75, 3.05) is 26.7 Å². The Bertz CT molecular complexity index is 443. The predicted octanol–water partition coefficient (Wildman–Crippen LogP) is 1.77. The summed E-state index contributed by atoms with van der Waals surface area (Å²) in [6.07, 6.45) is 1.39. The quantitative estimate of drug-likeness (QED) is 0.509. The zero-order valence-electron chi connectivity index (χ0n) is 12.8. The van der Waals surface area contributed by atoms with Gasteiger partial charge in [-0.2, -0.15) is 0 Å². The molecule has 1 amide bonds. The van der Waals surface area contributed by atoms with Crippen LogP contribution in [0.5, 0.6) is 5.75 Å². The van der Waals surface area contributed by atoms with Gasteiger partial charge < -0.3 is 15.4 Å². The van der Waals surface area contributed by atoms with Crippen LogP contribution in [0.1, 0.15) is 36.5 Å². The second kappa shape index (κ2) is 9.94. The standard InChI is InChI=1S/C16H24N2O3/c1-3-12-21-14-6-4-13(5-7-14)15(19)8-9-16(20)18-11-10-17-2/h4-7,17H,3,8-12H2,1-2H3,(H,18,20). The van der Waals surface area contributed by atoms with Gasteiger partial charge in [0, 0.05) is 31.5 Å². The lowest BCUT2D eigenvalue weighted by molar-refractivity contribution is -0.121. The molecule has 0 unspecified atom stereocenters. The number of hydrogen-bond acceptors (Lipinski definition) is 4. The minimum Gasteiger partial charge on any atom is -0.494 e. The van der Waals surface area contributed by atoms with Crippen LogP contribution in [0.3, 0.4) is 0 Å². The molecular formula is C16H24N2O3. The number of benzene rings is 1. The number of Topliss-reactive ketones (excluding diaryl/α,β-unsaturated/α-hetero) is 1. The first kappa shape index (κ1) is 17.2. The molecule has 5 heteroatoms. The molecule has 2 N–H and O–H groups in total. The molecule has 0 aliphatic carbocycles. The van der Waals surface area contributed by atoms with E-state index < -0.39 is 0 Å². The van der Waals surface area contributed by atoms with E-state index in [0.29, 0.717) is 18.7 Å². The fourth-order valence-corrected chi connectivity index (χ4v) is 1.74. The first-order valence-electron chi connectivity index (χ1n) is 7.34. The smallest absolute Gasteiger partial charge is 0.220 e. The molecule has 0 saturated heterocycles. The van der Waals surface area contributed by atoms with Gasteiger partial charge >= 0.3 is 0 Å². The van der Waals surface area contributed by atoms with Crippen LogP contribution in [0, 0.1) is 0 Å². The molecule has 0 fully saturated rings. The number of rotatable bonds is 10. The molecule has 1 rings (SSSR count). The minimum atomic E-state index is -0.0958. The minimum absolute atomic E-state index is 0.0270. The second-order valence-electron chi connectivity index (χ2n) is 4.75. The van der Waals surface area contributed by atoms with Crippen molar-refractivity contribution in [1.82, 2.24) is 10.6 Å². The summed E-state index contributed by atoms with van der Waals surface area (Å²) in [4.78, 5) is 23.5. The fraction of sp³-hybridized carbons (Fsp3) is 0.500. The zero-order valence-corrected chi connectivity index (χ0v) is 12.8. The lowest BCUT2D eigenvalue weighted by atomic mass is 10.1. The summed E-state index contributed by atoms with van der Waals surface area (Å²) >= 11 is 0. The van der Waals surface area contributed by atoms with Crippen LogP contribution in [0.25, 0.3) is 0 Å². The van der Waals surface area contributed by atoms with Gasteiger partial charge in [-0.25, -0.2) is 0 Å². The van der Waals surface area contributed by atoms with Crippen LogP contribution < -0.4 is 15.4 Å². The molecule has 0 aromatic heterocycles. The van der Waals surface area contributed by atoms with Crippen LogP contribution in [-0.2, 0) is 4.79 Å². The SMILES string of the molecule is CCCOc1ccc(C(=O)CCC(=O)NCCNC)cc1.